The zero-order valence-electron chi connectivity index (χ0n) is 7.93. The Balaban J connectivity index is 2.11. The minimum atomic E-state index is 0.543. The highest BCUT2D eigenvalue weighted by atomic mass is 32.1. The van der Waals surface area contributed by atoms with E-state index in [4.69, 9.17) is 17.0 Å². The number of ether oxygens (including phenoxy) is 1. The third-order valence-electron chi connectivity index (χ3n) is 1.46. The van der Waals surface area contributed by atoms with Gasteiger partial charge in [0, 0.05) is 20.3 Å². The van der Waals surface area contributed by atoms with E-state index in [9.17, 15) is 0 Å². The van der Waals surface area contributed by atoms with E-state index in [-0.39, 0.29) is 0 Å². The molecule has 0 saturated carbocycles. The van der Waals surface area contributed by atoms with Gasteiger partial charge in [0.05, 0.1) is 0 Å². The number of thiocarbonyl (C=S) groups is 1. The summed E-state index contributed by atoms with van der Waals surface area (Å²) in [5, 5.41) is 10.8. The molecule has 0 unspecified atom stereocenters. The van der Waals surface area contributed by atoms with Crippen molar-refractivity contribution in [2.45, 2.75) is 6.42 Å². The summed E-state index contributed by atoms with van der Waals surface area (Å²) >= 11 is 5.01. The van der Waals surface area contributed by atoms with Gasteiger partial charge in [0.2, 0.25) is 0 Å². The Labute approximate surface area is 87.6 Å². The molecule has 0 radical (unpaired) electrons. The standard InChI is InChI=1S/C7H13N5OS/c1-13-4-2-3-8-7(14)11-12-5-9-10-6-12/h5-6H,2-4H2,1H3,(H2,8,11,14). The van der Waals surface area contributed by atoms with Crippen LogP contribution in [0.5, 0.6) is 0 Å². The summed E-state index contributed by atoms with van der Waals surface area (Å²) in [4.78, 5) is 0. The molecule has 0 aromatic carbocycles. The van der Waals surface area contributed by atoms with Crippen molar-refractivity contribution in [3.63, 3.8) is 0 Å². The first-order valence-corrected chi connectivity index (χ1v) is 4.62. The lowest BCUT2D eigenvalue weighted by Gasteiger charge is -2.09. The van der Waals surface area contributed by atoms with Gasteiger partial charge in [-0.25, -0.2) is 4.68 Å². The van der Waals surface area contributed by atoms with Gasteiger partial charge in [0.1, 0.15) is 12.7 Å². The predicted molar refractivity (Wildman–Crippen MR) is 56.5 cm³/mol. The Hall–Kier alpha value is -1.21. The number of methoxy groups -OCH3 is 1. The fraction of sp³-hybridized carbons (Fsp3) is 0.571. The topological polar surface area (TPSA) is 64.0 Å². The van der Waals surface area contributed by atoms with Crippen LogP contribution in [-0.2, 0) is 4.74 Å². The molecule has 1 rings (SSSR count). The molecular weight excluding hydrogens is 202 g/mol. The van der Waals surface area contributed by atoms with Crippen molar-refractivity contribution >= 4 is 17.3 Å². The minimum absolute atomic E-state index is 0.543. The molecule has 0 atom stereocenters. The van der Waals surface area contributed by atoms with E-state index in [0.29, 0.717) is 5.11 Å². The molecule has 0 aliphatic carbocycles. The molecule has 0 bridgehead atoms. The fourth-order valence-electron chi connectivity index (χ4n) is 0.834. The van der Waals surface area contributed by atoms with E-state index in [1.807, 2.05) is 0 Å². The molecule has 78 valence electrons. The molecule has 1 aromatic heterocycles. The summed E-state index contributed by atoms with van der Waals surface area (Å²) in [5.74, 6) is 0. The predicted octanol–water partition coefficient (Wildman–Crippen LogP) is -0.267. The number of hydrogen-bond donors (Lipinski definition) is 2. The molecule has 0 aliphatic rings. The molecular formula is C7H13N5OS. The van der Waals surface area contributed by atoms with Crippen molar-refractivity contribution in [1.82, 2.24) is 20.2 Å². The van der Waals surface area contributed by atoms with Crippen molar-refractivity contribution in [1.29, 1.82) is 0 Å². The molecule has 0 fully saturated rings. The van der Waals surface area contributed by atoms with Crippen LogP contribution in [0.1, 0.15) is 6.42 Å². The molecule has 1 heterocycles. The van der Waals surface area contributed by atoms with Gasteiger partial charge in [0.25, 0.3) is 0 Å². The maximum Gasteiger partial charge on any atom is 0.185 e. The summed E-state index contributed by atoms with van der Waals surface area (Å²) in [5.41, 5.74) is 2.87. The number of nitrogens with zero attached hydrogens (tertiary/aromatic N) is 3. The van der Waals surface area contributed by atoms with Crippen LogP contribution in [0.15, 0.2) is 12.7 Å². The molecule has 6 nitrogen and oxygen atoms in total. The first-order valence-electron chi connectivity index (χ1n) is 4.21. The van der Waals surface area contributed by atoms with Crippen molar-refractivity contribution in [2.24, 2.45) is 0 Å². The molecule has 0 amide bonds. The van der Waals surface area contributed by atoms with Gasteiger partial charge in [0.15, 0.2) is 5.11 Å². The van der Waals surface area contributed by atoms with E-state index in [1.54, 1.807) is 11.8 Å². The van der Waals surface area contributed by atoms with Gasteiger partial charge in [-0.05, 0) is 18.6 Å². The second kappa shape index (κ2) is 6.28. The summed E-state index contributed by atoms with van der Waals surface area (Å²) < 4.78 is 6.48. The van der Waals surface area contributed by atoms with Gasteiger partial charge in [-0.1, -0.05) is 0 Å². The normalized spacial score (nSPS) is 9.79. The van der Waals surface area contributed by atoms with Crippen LogP contribution >= 0.6 is 12.2 Å². The van der Waals surface area contributed by atoms with Crippen molar-refractivity contribution in [3.05, 3.63) is 12.7 Å². The van der Waals surface area contributed by atoms with Crippen LogP contribution in [0, 0.1) is 0 Å². The Bertz CT molecular complexity index is 263. The largest absolute Gasteiger partial charge is 0.385 e. The van der Waals surface area contributed by atoms with Crippen LogP contribution in [0.4, 0.5) is 0 Å². The number of nitrogens with one attached hydrogen (secondary N) is 2. The van der Waals surface area contributed by atoms with Gasteiger partial charge in [-0.2, -0.15) is 0 Å². The Kier molecular flexibility index (Phi) is 4.87. The van der Waals surface area contributed by atoms with Crippen molar-refractivity contribution < 1.29 is 4.74 Å². The van der Waals surface area contributed by atoms with E-state index in [0.717, 1.165) is 19.6 Å². The molecule has 1 aromatic rings. The average molecular weight is 215 g/mol. The molecule has 14 heavy (non-hydrogen) atoms. The van der Waals surface area contributed by atoms with E-state index >= 15 is 0 Å². The Morgan fingerprint density at radius 2 is 2.21 bits per heavy atom. The maximum absolute atomic E-state index is 5.01. The maximum atomic E-state index is 5.01. The quantitative estimate of drug-likeness (QED) is 0.521. The van der Waals surface area contributed by atoms with Gasteiger partial charge in [-0.15, -0.1) is 10.2 Å². The molecule has 7 heteroatoms. The first-order chi connectivity index (χ1) is 6.83. The number of aromatic nitrogens is 3. The van der Waals surface area contributed by atoms with E-state index < -0.39 is 0 Å². The van der Waals surface area contributed by atoms with Crippen molar-refractivity contribution in [3.8, 4) is 0 Å². The fourth-order valence-corrected chi connectivity index (χ4v) is 1.04. The minimum Gasteiger partial charge on any atom is -0.385 e. The van der Waals surface area contributed by atoms with Crippen molar-refractivity contribution in [2.75, 3.05) is 25.7 Å². The zero-order valence-corrected chi connectivity index (χ0v) is 8.75. The van der Waals surface area contributed by atoms with Crippen LogP contribution in [0.25, 0.3) is 0 Å². The Morgan fingerprint density at radius 3 is 2.86 bits per heavy atom. The smallest absolute Gasteiger partial charge is 0.185 e. The summed E-state index contributed by atoms with van der Waals surface area (Å²) in [6.45, 7) is 1.50. The third kappa shape index (κ3) is 4.15. The van der Waals surface area contributed by atoms with Gasteiger partial charge < -0.3 is 10.1 Å². The van der Waals surface area contributed by atoms with Crippen LogP contribution < -0.4 is 10.7 Å². The first kappa shape index (κ1) is 10.9. The zero-order chi connectivity index (χ0) is 10.2. The molecule has 2 N–H and O–H groups in total. The summed E-state index contributed by atoms with van der Waals surface area (Å²) in [6.07, 6.45) is 3.98. The highest BCUT2D eigenvalue weighted by Gasteiger charge is 1.94. The molecule has 0 spiro atoms. The van der Waals surface area contributed by atoms with Crippen LogP contribution in [-0.4, -0.2) is 40.2 Å². The highest BCUT2D eigenvalue weighted by molar-refractivity contribution is 7.80. The summed E-state index contributed by atoms with van der Waals surface area (Å²) in [6, 6.07) is 0. The SMILES string of the molecule is COCCCNC(=S)Nn1cnnc1. The Morgan fingerprint density at radius 1 is 1.50 bits per heavy atom. The van der Waals surface area contributed by atoms with Gasteiger partial charge >= 0.3 is 0 Å². The van der Waals surface area contributed by atoms with E-state index in [1.165, 1.54) is 12.7 Å². The highest BCUT2D eigenvalue weighted by Crippen LogP contribution is 1.80. The number of hydrogen-bond acceptors (Lipinski definition) is 4. The molecule has 0 saturated heterocycles. The lowest BCUT2D eigenvalue weighted by Crippen LogP contribution is -2.34. The summed E-state index contributed by atoms with van der Waals surface area (Å²) in [7, 11) is 1.67. The van der Waals surface area contributed by atoms with E-state index in [2.05, 4.69) is 20.9 Å². The monoisotopic (exact) mass is 215 g/mol. The third-order valence-corrected chi connectivity index (χ3v) is 1.70. The van der Waals surface area contributed by atoms with Crippen LogP contribution in [0.2, 0.25) is 0 Å². The second-order valence-electron chi connectivity index (χ2n) is 2.58. The molecule has 0 aliphatic heterocycles. The lowest BCUT2D eigenvalue weighted by atomic mass is 10.4. The lowest BCUT2D eigenvalue weighted by molar-refractivity contribution is 0.196. The second-order valence-corrected chi connectivity index (χ2v) is 2.99. The average Bonchev–Trinajstić information content (AvgIpc) is 2.65. The number of rotatable bonds is 5. The van der Waals surface area contributed by atoms with Crippen LogP contribution in [0.3, 0.4) is 0 Å². The van der Waals surface area contributed by atoms with Gasteiger partial charge in [-0.3, -0.25) is 5.43 Å².